The van der Waals surface area contributed by atoms with Gasteiger partial charge in [-0.3, -0.25) is 19.2 Å². The summed E-state index contributed by atoms with van der Waals surface area (Å²) in [6, 6.07) is 15.0. The Hall–Kier alpha value is -4.25. The quantitative estimate of drug-likeness (QED) is 0.166. The molecule has 0 saturated carbocycles. The molecule has 3 unspecified atom stereocenters. The van der Waals surface area contributed by atoms with E-state index in [9.17, 15) is 24.0 Å². The number of carbonyl (C=O) groups is 5. The lowest BCUT2D eigenvalue weighted by Gasteiger charge is -2.28. The third kappa shape index (κ3) is 13.6. The van der Waals surface area contributed by atoms with Gasteiger partial charge in [0.1, 0.15) is 29.3 Å². The Morgan fingerprint density at radius 3 is 1.68 bits per heavy atom. The molecule has 2 aromatic rings. The second kappa shape index (κ2) is 18.1. The lowest BCUT2D eigenvalue weighted by molar-refractivity contribution is -0.134. The molecule has 5 atom stereocenters. The molecular weight excluding hydrogens is 636 g/mol. The molecule has 2 aromatic carbocycles. The van der Waals surface area contributed by atoms with E-state index in [1.165, 1.54) is 0 Å². The standard InChI is InChI=1S/C39H56N4O7/c1-25(2)21-30(33(44)39(8)24-49-39)40-36(47)32(23-28-17-13-10-14-18-28)42-35(46)31(22-26(3)4)41-34(45)29(43-37(48)50-38(5,6)7)20-19-27-15-11-9-12-16-27/h9-18,25-26,29-32H,19-24H2,1-8H3,(H,40,47)(H,41,45)(H,42,46)(H,43,48)/t29-,30+,31?,32?,39?/m0/s1. The molecule has 1 aliphatic rings. The summed E-state index contributed by atoms with van der Waals surface area (Å²) in [7, 11) is 0. The van der Waals surface area contributed by atoms with Crippen LogP contribution in [0.1, 0.15) is 85.8 Å². The number of rotatable bonds is 18. The summed E-state index contributed by atoms with van der Waals surface area (Å²) in [5, 5.41) is 11.3. The molecule has 11 heteroatoms. The summed E-state index contributed by atoms with van der Waals surface area (Å²) in [6.45, 7) is 15.0. The highest BCUT2D eigenvalue weighted by Crippen LogP contribution is 2.29. The molecule has 4 N–H and O–H groups in total. The fourth-order valence-electron chi connectivity index (χ4n) is 5.58. The van der Waals surface area contributed by atoms with Gasteiger partial charge in [-0.2, -0.15) is 0 Å². The van der Waals surface area contributed by atoms with Crippen LogP contribution >= 0.6 is 0 Å². The normalized spacial score (nSPS) is 18.0. The number of benzene rings is 2. The largest absolute Gasteiger partial charge is 0.444 e. The average Bonchev–Trinajstić information content (AvgIpc) is 3.79. The van der Waals surface area contributed by atoms with Crippen LogP contribution < -0.4 is 21.3 Å². The Morgan fingerprint density at radius 2 is 1.16 bits per heavy atom. The van der Waals surface area contributed by atoms with Gasteiger partial charge in [0.05, 0.1) is 12.6 Å². The first-order valence-corrected chi connectivity index (χ1v) is 17.6. The van der Waals surface area contributed by atoms with Crippen LogP contribution in [0.4, 0.5) is 4.79 Å². The van der Waals surface area contributed by atoms with E-state index in [-0.39, 0.29) is 36.9 Å². The van der Waals surface area contributed by atoms with E-state index in [4.69, 9.17) is 9.47 Å². The monoisotopic (exact) mass is 692 g/mol. The molecule has 0 aliphatic carbocycles. The van der Waals surface area contributed by atoms with Crippen LogP contribution in [-0.2, 0) is 41.5 Å². The molecule has 1 fully saturated rings. The Morgan fingerprint density at radius 1 is 0.700 bits per heavy atom. The maximum Gasteiger partial charge on any atom is 0.408 e. The highest BCUT2D eigenvalue weighted by molar-refractivity contribution is 5.98. The molecule has 1 aliphatic heterocycles. The van der Waals surface area contributed by atoms with Gasteiger partial charge in [0.25, 0.3) is 0 Å². The summed E-state index contributed by atoms with van der Waals surface area (Å²) in [4.78, 5) is 67.8. The minimum absolute atomic E-state index is 0.00126. The summed E-state index contributed by atoms with van der Waals surface area (Å²) in [5.74, 6) is -1.69. The number of alkyl carbamates (subject to hydrolysis) is 1. The minimum atomic E-state index is -1.04. The number of hydrogen-bond acceptors (Lipinski definition) is 7. The fourth-order valence-corrected chi connectivity index (χ4v) is 5.58. The number of Topliss-reactive ketones (excluding diaryl/α,β-unsaturated/α-hetero) is 1. The Kier molecular flexibility index (Phi) is 14.6. The van der Waals surface area contributed by atoms with Gasteiger partial charge in [0.2, 0.25) is 17.7 Å². The van der Waals surface area contributed by atoms with Gasteiger partial charge < -0.3 is 30.7 Å². The molecule has 3 rings (SSSR count). The molecule has 50 heavy (non-hydrogen) atoms. The van der Waals surface area contributed by atoms with Gasteiger partial charge in [-0.05, 0) is 76.3 Å². The van der Waals surface area contributed by atoms with Crippen molar-refractivity contribution in [3.05, 3.63) is 71.8 Å². The number of hydrogen-bond donors (Lipinski definition) is 4. The summed E-state index contributed by atoms with van der Waals surface area (Å²) in [5.41, 5.74) is 0.0894. The van der Waals surface area contributed by atoms with E-state index < -0.39 is 59.2 Å². The van der Waals surface area contributed by atoms with Gasteiger partial charge in [0, 0.05) is 6.42 Å². The topological polar surface area (TPSA) is 155 Å². The average molecular weight is 693 g/mol. The van der Waals surface area contributed by atoms with Crippen molar-refractivity contribution in [1.82, 2.24) is 21.3 Å². The zero-order chi connectivity index (χ0) is 37.1. The third-order valence-electron chi connectivity index (χ3n) is 8.27. The van der Waals surface area contributed by atoms with Crippen LogP contribution in [0, 0.1) is 11.8 Å². The summed E-state index contributed by atoms with van der Waals surface area (Å²) < 4.78 is 10.8. The SMILES string of the molecule is CC(C)CC(NC(=O)[C@H](CCc1ccccc1)NC(=O)OC(C)(C)C)C(=O)NC(Cc1ccccc1)C(=O)N[C@H](CC(C)C)C(=O)C1(C)CO1. The van der Waals surface area contributed by atoms with E-state index in [1.807, 2.05) is 88.4 Å². The van der Waals surface area contributed by atoms with Gasteiger partial charge in [-0.15, -0.1) is 0 Å². The first-order valence-electron chi connectivity index (χ1n) is 17.6. The highest BCUT2D eigenvalue weighted by atomic mass is 16.6. The second-order valence-electron chi connectivity index (χ2n) is 15.2. The molecule has 11 nitrogen and oxygen atoms in total. The molecule has 1 heterocycles. The van der Waals surface area contributed by atoms with Crippen molar-refractivity contribution >= 4 is 29.6 Å². The number of aryl methyl sites for hydroxylation is 1. The number of ether oxygens (including phenoxy) is 2. The van der Waals surface area contributed by atoms with E-state index in [1.54, 1.807) is 27.7 Å². The Bertz CT molecular complexity index is 1440. The summed E-state index contributed by atoms with van der Waals surface area (Å²) >= 11 is 0. The van der Waals surface area contributed by atoms with Crippen LogP contribution in [0.15, 0.2) is 60.7 Å². The Balaban J connectivity index is 1.83. The van der Waals surface area contributed by atoms with Crippen LogP contribution in [0.5, 0.6) is 0 Å². The number of carbonyl (C=O) groups excluding carboxylic acids is 5. The Labute approximate surface area is 297 Å². The zero-order valence-corrected chi connectivity index (χ0v) is 30.8. The van der Waals surface area contributed by atoms with Crippen molar-refractivity contribution in [3.8, 4) is 0 Å². The lowest BCUT2D eigenvalue weighted by Crippen LogP contribution is -2.59. The highest BCUT2D eigenvalue weighted by Gasteiger charge is 2.50. The number of epoxide rings is 1. The van der Waals surface area contributed by atoms with Crippen molar-refractivity contribution in [2.24, 2.45) is 11.8 Å². The molecule has 0 bridgehead atoms. The predicted octanol–water partition coefficient (Wildman–Crippen LogP) is 4.66. The predicted molar refractivity (Wildman–Crippen MR) is 192 cm³/mol. The van der Waals surface area contributed by atoms with Crippen molar-refractivity contribution in [1.29, 1.82) is 0 Å². The first-order chi connectivity index (χ1) is 23.5. The zero-order valence-electron chi connectivity index (χ0n) is 30.8. The van der Waals surface area contributed by atoms with Crippen molar-refractivity contribution in [3.63, 3.8) is 0 Å². The summed E-state index contributed by atoms with van der Waals surface area (Å²) in [6.07, 6.45) is 0.867. The first kappa shape index (κ1) is 40.2. The fraction of sp³-hybridized carbons (Fsp3) is 0.564. The molecule has 0 aromatic heterocycles. The van der Waals surface area contributed by atoms with E-state index >= 15 is 0 Å². The smallest absolute Gasteiger partial charge is 0.408 e. The van der Waals surface area contributed by atoms with Crippen molar-refractivity contribution in [2.45, 2.75) is 123 Å². The third-order valence-corrected chi connectivity index (χ3v) is 8.27. The number of ketones is 1. The number of amides is 4. The second-order valence-corrected chi connectivity index (χ2v) is 15.2. The molecule has 4 amide bonds. The van der Waals surface area contributed by atoms with E-state index in [0.29, 0.717) is 19.4 Å². The van der Waals surface area contributed by atoms with E-state index in [0.717, 1.165) is 11.1 Å². The lowest BCUT2D eigenvalue weighted by atomic mass is 9.93. The van der Waals surface area contributed by atoms with Crippen LogP contribution in [0.3, 0.4) is 0 Å². The van der Waals surface area contributed by atoms with Crippen LogP contribution in [0.25, 0.3) is 0 Å². The maximum absolute atomic E-state index is 14.0. The van der Waals surface area contributed by atoms with Gasteiger partial charge in [-0.1, -0.05) is 88.4 Å². The number of nitrogens with one attached hydrogen (secondary N) is 4. The van der Waals surface area contributed by atoms with Crippen molar-refractivity contribution < 1.29 is 33.4 Å². The molecule has 0 radical (unpaired) electrons. The maximum atomic E-state index is 14.0. The van der Waals surface area contributed by atoms with E-state index in [2.05, 4.69) is 21.3 Å². The van der Waals surface area contributed by atoms with Gasteiger partial charge in [0.15, 0.2) is 5.78 Å². The minimum Gasteiger partial charge on any atom is -0.444 e. The van der Waals surface area contributed by atoms with Crippen LogP contribution in [-0.4, -0.2) is 71.6 Å². The van der Waals surface area contributed by atoms with Crippen LogP contribution in [0.2, 0.25) is 0 Å². The molecule has 1 saturated heterocycles. The van der Waals surface area contributed by atoms with Gasteiger partial charge in [-0.25, -0.2) is 4.79 Å². The molecule has 0 spiro atoms. The molecule has 274 valence electrons. The van der Waals surface area contributed by atoms with Gasteiger partial charge >= 0.3 is 6.09 Å². The molecular formula is C39H56N4O7. The van der Waals surface area contributed by atoms with Crippen molar-refractivity contribution in [2.75, 3.05) is 6.61 Å².